The molecule has 0 radical (unpaired) electrons. The lowest BCUT2D eigenvalue weighted by Crippen LogP contribution is -2.39. The van der Waals surface area contributed by atoms with Crippen LogP contribution in [0.25, 0.3) is 10.9 Å². The topological polar surface area (TPSA) is 66.6 Å². The Bertz CT molecular complexity index is 1400. The molecular weight excluding hydrogens is 446 g/mol. The molecule has 5 rings (SSSR count). The first-order chi connectivity index (χ1) is 16.6. The second kappa shape index (κ2) is 9.57. The maximum atomic E-state index is 12.9. The molecule has 0 unspecified atom stereocenters. The number of aromatic amines is 1. The van der Waals surface area contributed by atoms with Gasteiger partial charge in [0.05, 0.1) is 12.1 Å². The van der Waals surface area contributed by atoms with Crippen LogP contribution in [0.1, 0.15) is 22.3 Å². The predicted molar refractivity (Wildman–Crippen MR) is 137 cm³/mol. The summed E-state index contributed by atoms with van der Waals surface area (Å²) >= 11 is 5.78. The Morgan fingerprint density at radius 2 is 1.79 bits per heavy atom. The third-order valence-corrected chi connectivity index (χ3v) is 6.31. The molecule has 2 heterocycles. The highest BCUT2D eigenvalue weighted by atomic mass is 32.1. The van der Waals surface area contributed by atoms with E-state index in [0.29, 0.717) is 30.3 Å². The van der Waals surface area contributed by atoms with Crippen LogP contribution >= 0.6 is 12.2 Å². The fourth-order valence-electron chi connectivity index (χ4n) is 4.10. The third kappa shape index (κ3) is 4.75. The maximum absolute atomic E-state index is 12.9. The van der Waals surface area contributed by atoms with Gasteiger partial charge in [-0.15, -0.1) is 0 Å². The van der Waals surface area contributed by atoms with E-state index in [-0.39, 0.29) is 12.4 Å². The molecule has 4 aromatic rings. The fourth-order valence-corrected chi connectivity index (χ4v) is 4.30. The quantitative estimate of drug-likeness (QED) is 0.400. The molecule has 1 aromatic heterocycles. The lowest BCUT2D eigenvalue weighted by Gasteiger charge is -2.26. The Morgan fingerprint density at radius 1 is 0.971 bits per heavy atom. The van der Waals surface area contributed by atoms with E-state index in [1.807, 2.05) is 84.6 Å². The number of nitrogens with zero attached hydrogens (tertiary/aromatic N) is 1. The van der Waals surface area contributed by atoms with Crippen molar-refractivity contribution in [3.63, 3.8) is 0 Å². The lowest BCUT2D eigenvalue weighted by molar-refractivity contribution is 0.174. The number of pyridine rings is 1. The number of aryl methyl sites for hydroxylation is 1. The maximum Gasteiger partial charge on any atom is 0.253 e. The number of ether oxygens (including phenoxy) is 2. The molecule has 172 valence electrons. The molecule has 1 aliphatic heterocycles. The zero-order valence-corrected chi connectivity index (χ0v) is 19.7. The van der Waals surface area contributed by atoms with Crippen molar-refractivity contribution in [3.8, 4) is 11.5 Å². The molecule has 2 N–H and O–H groups in total. The van der Waals surface area contributed by atoms with E-state index in [1.165, 1.54) is 0 Å². The summed E-state index contributed by atoms with van der Waals surface area (Å²) in [5.41, 5.74) is 4.60. The highest BCUT2D eigenvalue weighted by Crippen LogP contribution is 2.33. The second-order valence-corrected chi connectivity index (χ2v) is 8.74. The Labute approximate surface area is 203 Å². The molecule has 0 fully saturated rings. The largest absolute Gasteiger partial charge is 0.454 e. The van der Waals surface area contributed by atoms with Gasteiger partial charge < -0.3 is 24.7 Å². The number of benzene rings is 3. The summed E-state index contributed by atoms with van der Waals surface area (Å²) in [6.45, 7) is 3.71. The van der Waals surface area contributed by atoms with Crippen molar-refractivity contribution in [3.05, 3.63) is 105 Å². The van der Waals surface area contributed by atoms with E-state index in [9.17, 15) is 4.79 Å². The molecule has 0 bridgehead atoms. The van der Waals surface area contributed by atoms with Gasteiger partial charge in [-0.25, -0.2) is 0 Å². The van der Waals surface area contributed by atoms with Crippen LogP contribution in [-0.2, 0) is 19.6 Å². The van der Waals surface area contributed by atoms with Gasteiger partial charge >= 0.3 is 0 Å². The van der Waals surface area contributed by atoms with Gasteiger partial charge in [0, 0.05) is 18.7 Å². The summed E-state index contributed by atoms with van der Waals surface area (Å²) < 4.78 is 11.0. The van der Waals surface area contributed by atoms with Crippen LogP contribution in [0.4, 0.5) is 0 Å². The number of thiocarbonyl (C=S) groups is 1. The first-order valence-corrected chi connectivity index (χ1v) is 11.5. The zero-order chi connectivity index (χ0) is 23.5. The van der Waals surface area contributed by atoms with Crippen molar-refractivity contribution in [1.82, 2.24) is 15.2 Å². The number of hydrogen-bond donors (Lipinski definition) is 2. The van der Waals surface area contributed by atoms with Crippen LogP contribution in [-0.4, -0.2) is 21.8 Å². The first kappa shape index (κ1) is 22.0. The molecule has 3 aromatic carbocycles. The fraction of sp³-hybridized carbons (Fsp3) is 0.185. The molecule has 34 heavy (non-hydrogen) atoms. The summed E-state index contributed by atoms with van der Waals surface area (Å²) in [5, 5.41) is 4.92. The standard InChI is InChI=1S/C27H25N3O3S/c1-18-6-5-9-21-13-22(26(31)29-25(18)21)16-30(27(34)28-14-19-7-3-2-4-8-19)15-20-10-11-23-24(12-20)33-17-32-23/h2-13H,14-17H2,1H3,(H,28,34)(H,29,31). The van der Waals surface area contributed by atoms with E-state index in [4.69, 9.17) is 21.7 Å². The van der Waals surface area contributed by atoms with Crippen LogP contribution in [0.2, 0.25) is 0 Å². The van der Waals surface area contributed by atoms with E-state index < -0.39 is 0 Å². The number of para-hydroxylation sites is 1. The molecule has 0 saturated carbocycles. The molecule has 0 atom stereocenters. The minimum Gasteiger partial charge on any atom is -0.454 e. The summed E-state index contributed by atoms with van der Waals surface area (Å²) in [6.07, 6.45) is 0. The molecule has 7 heteroatoms. The third-order valence-electron chi connectivity index (χ3n) is 5.91. The van der Waals surface area contributed by atoms with Gasteiger partial charge in [0.25, 0.3) is 5.56 Å². The van der Waals surface area contributed by atoms with E-state index >= 15 is 0 Å². The SMILES string of the molecule is Cc1cccc2cc(CN(Cc3ccc4c(c3)OCO4)C(=S)NCc3ccccc3)c(=O)[nH]c12. The summed E-state index contributed by atoms with van der Waals surface area (Å²) in [4.78, 5) is 18.0. The van der Waals surface area contributed by atoms with Crippen molar-refractivity contribution < 1.29 is 9.47 Å². The van der Waals surface area contributed by atoms with Crippen LogP contribution in [0, 0.1) is 6.92 Å². The second-order valence-electron chi connectivity index (χ2n) is 8.35. The van der Waals surface area contributed by atoms with Crippen molar-refractivity contribution in [2.45, 2.75) is 26.6 Å². The van der Waals surface area contributed by atoms with E-state index in [2.05, 4.69) is 10.3 Å². The Kier molecular flexibility index (Phi) is 6.18. The average molecular weight is 472 g/mol. The number of hydrogen-bond acceptors (Lipinski definition) is 4. The smallest absolute Gasteiger partial charge is 0.253 e. The first-order valence-electron chi connectivity index (χ1n) is 11.1. The summed E-state index contributed by atoms with van der Waals surface area (Å²) in [6, 6.07) is 23.9. The van der Waals surface area contributed by atoms with Crippen LogP contribution < -0.4 is 20.3 Å². The lowest BCUT2D eigenvalue weighted by atomic mass is 10.1. The van der Waals surface area contributed by atoms with Crippen molar-refractivity contribution in [1.29, 1.82) is 0 Å². The van der Waals surface area contributed by atoms with Gasteiger partial charge in [-0.05, 0) is 59.4 Å². The number of aromatic nitrogens is 1. The zero-order valence-electron chi connectivity index (χ0n) is 18.8. The Balaban J connectivity index is 1.42. The normalized spacial score (nSPS) is 12.0. The molecule has 0 saturated heterocycles. The monoisotopic (exact) mass is 471 g/mol. The van der Waals surface area contributed by atoms with Gasteiger partial charge in [-0.2, -0.15) is 0 Å². The molecule has 6 nitrogen and oxygen atoms in total. The molecule has 1 aliphatic rings. The molecule has 0 spiro atoms. The predicted octanol–water partition coefficient (Wildman–Crippen LogP) is 4.64. The average Bonchev–Trinajstić information content (AvgIpc) is 3.32. The molecule has 0 amide bonds. The summed E-state index contributed by atoms with van der Waals surface area (Å²) in [7, 11) is 0. The van der Waals surface area contributed by atoms with Gasteiger partial charge in [-0.1, -0.05) is 54.6 Å². The van der Waals surface area contributed by atoms with Gasteiger partial charge in [-0.3, -0.25) is 4.79 Å². The van der Waals surface area contributed by atoms with Gasteiger partial charge in [0.15, 0.2) is 16.6 Å². The summed E-state index contributed by atoms with van der Waals surface area (Å²) in [5.74, 6) is 1.46. The molecule has 0 aliphatic carbocycles. The number of rotatable bonds is 6. The highest BCUT2D eigenvalue weighted by molar-refractivity contribution is 7.80. The van der Waals surface area contributed by atoms with Crippen LogP contribution in [0.5, 0.6) is 11.5 Å². The minimum absolute atomic E-state index is 0.108. The van der Waals surface area contributed by atoms with Crippen LogP contribution in [0.15, 0.2) is 77.6 Å². The van der Waals surface area contributed by atoms with E-state index in [0.717, 1.165) is 39.1 Å². The number of H-pyrrole nitrogens is 1. The van der Waals surface area contributed by atoms with Crippen molar-refractivity contribution in [2.24, 2.45) is 0 Å². The van der Waals surface area contributed by atoms with Crippen molar-refractivity contribution in [2.75, 3.05) is 6.79 Å². The minimum atomic E-state index is -0.108. The van der Waals surface area contributed by atoms with Gasteiger partial charge in [0.2, 0.25) is 6.79 Å². The Hall–Kier alpha value is -3.84. The van der Waals surface area contributed by atoms with Crippen molar-refractivity contribution >= 4 is 28.2 Å². The molecular formula is C27H25N3O3S. The number of fused-ring (bicyclic) bond motifs is 2. The van der Waals surface area contributed by atoms with Crippen LogP contribution in [0.3, 0.4) is 0 Å². The Morgan fingerprint density at radius 3 is 2.65 bits per heavy atom. The van der Waals surface area contributed by atoms with E-state index in [1.54, 1.807) is 0 Å². The highest BCUT2D eigenvalue weighted by Gasteiger charge is 2.18. The number of nitrogens with one attached hydrogen (secondary N) is 2. The van der Waals surface area contributed by atoms with Gasteiger partial charge in [0.1, 0.15) is 0 Å².